The number of hydrogen-bond donors (Lipinski definition) is 2. The van der Waals surface area contributed by atoms with Gasteiger partial charge in [0.1, 0.15) is 5.75 Å². The van der Waals surface area contributed by atoms with E-state index in [0.29, 0.717) is 6.54 Å². The van der Waals surface area contributed by atoms with Gasteiger partial charge in [0.2, 0.25) is 0 Å². The lowest BCUT2D eigenvalue weighted by atomic mass is 10.0. The molecule has 5 nitrogen and oxygen atoms in total. The SMILES string of the molecule is CCc1nnc(N(C)c2ccc(O)cc2)c(CN)c1CC. The zero-order valence-corrected chi connectivity index (χ0v) is 12.8. The zero-order chi connectivity index (χ0) is 15.4. The number of hydrogen-bond acceptors (Lipinski definition) is 5. The maximum atomic E-state index is 9.39. The van der Waals surface area contributed by atoms with Crippen LogP contribution in [0.25, 0.3) is 0 Å². The summed E-state index contributed by atoms with van der Waals surface area (Å²) in [5.74, 6) is 1.02. The van der Waals surface area contributed by atoms with Crippen molar-refractivity contribution in [2.45, 2.75) is 33.2 Å². The van der Waals surface area contributed by atoms with E-state index in [1.807, 2.05) is 24.1 Å². The van der Waals surface area contributed by atoms with Crippen LogP contribution >= 0.6 is 0 Å². The standard InChI is InChI=1S/C16H22N4O/c1-4-13-14(10-17)16(19-18-15(13)5-2)20(3)11-6-8-12(21)9-7-11/h6-9,21H,4-5,10,17H2,1-3H3. The zero-order valence-electron chi connectivity index (χ0n) is 12.8. The summed E-state index contributed by atoms with van der Waals surface area (Å²) in [6.07, 6.45) is 1.74. The monoisotopic (exact) mass is 286 g/mol. The number of nitrogens with two attached hydrogens (primary N) is 1. The molecule has 0 radical (unpaired) electrons. The van der Waals surface area contributed by atoms with E-state index in [-0.39, 0.29) is 5.75 Å². The topological polar surface area (TPSA) is 75.3 Å². The lowest BCUT2D eigenvalue weighted by Gasteiger charge is -2.23. The van der Waals surface area contributed by atoms with Crippen LogP contribution in [0.1, 0.15) is 30.7 Å². The highest BCUT2D eigenvalue weighted by molar-refractivity contribution is 5.64. The summed E-state index contributed by atoms with van der Waals surface area (Å²) < 4.78 is 0. The number of phenols is 1. The average Bonchev–Trinajstić information content (AvgIpc) is 2.53. The fourth-order valence-corrected chi connectivity index (χ4v) is 2.52. The summed E-state index contributed by atoms with van der Waals surface area (Å²) in [6.45, 7) is 4.62. The Hall–Kier alpha value is -2.14. The summed E-state index contributed by atoms with van der Waals surface area (Å²) in [7, 11) is 1.93. The number of aromatic hydroxyl groups is 1. The summed E-state index contributed by atoms with van der Waals surface area (Å²) in [6, 6.07) is 7.00. The van der Waals surface area contributed by atoms with Crippen LogP contribution in [0.2, 0.25) is 0 Å². The molecule has 112 valence electrons. The number of anilines is 2. The van der Waals surface area contributed by atoms with Gasteiger partial charge in [0.25, 0.3) is 0 Å². The van der Waals surface area contributed by atoms with E-state index < -0.39 is 0 Å². The molecule has 0 bridgehead atoms. The van der Waals surface area contributed by atoms with Gasteiger partial charge in [-0.05, 0) is 42.7 Å². The van der Waals surface area contributed by atoms with Gasteiger partial charge in [-0.3, -0.25) is 0 Å². The van der Waals surface area contributed by atoms with E-state index in [4.69, 9.17) is 5.73 Å². The van der Waals surface area contributed by atoms with Gasteiger partial charge < -0.3 is 15.7 Å². The number of aryl methyl sites for hydroxylation is 1. The summed E-state index contributed by atoms with van der Waals surface area (Å²) in [5.41, 5.74) is 10.1. The average molecular weight is 286 g/mol. The maximum Gasteiger partial charge on any atom is 0.160 e. The van der Waals surface area contributed by atoms with Crippen LogP contribution in [-0.2, 0) is 19.4 Å². The quantitative estimate of drug-likeness (QED) is 0.883. The second kappa shape index (κ2) is 6.54. The minimum atomic E-state index is 0.243. The first-order valence-electron chi connectivity index (χ1n) is 7.22. The molecule has 0 aliphatic carbocycles. The smallest absolute Gasteiger partial charge is 0.160 e. The molecule has 5 heteroatoms. The third-order valence-electron chi connectivity index (χ3n) is 3.70. The van der Waals surface area contributed by atoms with E-state index in [1.165, 1.54) is 5.56 Å². The molecular weight excluding hydrogens is 264 g/mol. The summed E-state index contributed by atoms with van der Waals surface area (Å²) >= 11 is 0. The van der Waals surface area contributed by atoms with Crippen molar-refractivity contribution in [2.24, 2.45) is 5.73 Å². The van der Waals surface area contributed by atoms with E-state index >= 15 is 0 Å². The molecule has 1 aromatic carbocycles. The second-order valence-electron chi connectivity index (χ2n) is 4.91. The van der Waals surface area contributed by atoms with Gasteiger partial charge >= 0.3 is 0 Å². The Morgan fingerprint density at radius 2 is 1.71 bits per heavy atom. The number of benzene rings is 1. The highest BCUT2D eigenvalue weighted by atomic mass is 16.3. The normalized spacial score (nSPS) is 10.7. The van der Waals surface area contributed by atoms with Crippen molar-refractivity contribution < 1.29 is 5.11 Å². The van der Waals surface area contributed by atoms with E-state index in [0.717, 1.165) is 35.6 Å². The van der Waals surface area contributed by atoms with Crippen LogP contribution in [0.4, 0.5) is 11.5 Å². The Kier molecular flexibility index (Phi) is 4.75. The molecule has 0 spiro atoms. The molecule has 0 saturated heterocycles. The largest absolute Gasteiger partial charge is 0.508 e. The van der Waals surface area contributed by atoms with Gasteiger partial charge in [0.15, 0.2) is 5.82 Å². The number of aromatic nitrogens is 2. The molecule has 0 unspecified atom stereocenters. The van der Waals surface area contributed by atoms with Crippen molar-refractivity contribution in [1.29, 1.82) is 0 Å². The van der Waals surface area contributed by atoms with Crippen molar-refractivity contribution in [3.8, 4) is 5.75 Å². The van der Waals surface area contributed by atoms with Gasteiger partial charge in [-0.25, -0.2) is 0 Å². The molecule has 0 fully saturated rings. The highest BCUT2D eigenvalue weighted by Crippen LogP contribution is 2.29. The molecule has 2 aromatic rings. The molecule has 1 aromatic heterocycles. The lowest BCUT2D eigenvalue weighted by molar-refractivity contribution is 0.475. The van der Waals surface area contributed by atoms with E-state index in [2.05, 4.69) is 24.0 Å². The van der Waals surface area contributed by atoms with Gasteiger partial charge in [-0.15, -0.1) is 5.10 Å². The van der Waals surface area contributed by atoms with Crippen LogP contribution in [0.3, 0.4) is 0 Å². The maximum absolute atomic E-state index is 9.39. The fourth-order valence-electron chi connectivity index (χ4n) is 2.52. The molecule has 0 aliphatic rings. The number of nitrogens with zero attached hydrogens (tertiary/aromatic N) is 3. The van der Waals surface area contributed by atoms with Crippen LogP contribution in [0, 0.1) is 0 Å². The highest BCUT2D eigenvalue weighted by Gasteiger charge is 2.17. The Balaban J connectivity index is 2.50. The van der Waals surface area contributed by atoms with E-state index in [9.17, 15) is 5.11 Å². The van der Waals surface area contributed by atoms with Crippen molar-refractivity contribution in [2.75, 3.05) is 11.9 Å². The van der Waals surface area contributed by atoms with Gasteiger partial charge in [0.05, 0.1) is 5.69 Å². The van der Waals surface area contributed by atoms with Crippen molar-refractivity contribution in [3.63, 3.8) is 0 Å². The van der Waals surface area contributed by atoms with Crippen LogP contribution in [0.15, 0.2) is 24.3 Å². The second-order valence-corrected chi connectivity index (χ2v) is 4.91. The lowest BCUT2D eigenvalue weighted by Crippen LogP contribution is -2.19. The summed E-state index contributed by atoms with van der Waals surface area (Å²) in [4.78, 5) is 1.95. The minimum absolute atomic E-state index is 0.243. The first-order valence-corrected chi connectivity index (χ1v) is 7.22. The first kappa shape index (κ1) is 15.3. The third-order valence-corrected chi connectivity index (χ3v) is 3.70. The van der Waals surface area contributed by atoms with Gasteiger partial charge in [-0.2, -0.15) is 5.10 Å². The third kappa shape index (κ3) is 2.97. The van der Waals surface area contributed by atoms with Crippen LogP contribution < -0.4 is 10.6 Å². The van der Waals surface area contributed by atoms with Gasteiger partial charge in [0, 0.05) is 24.8 Å². The minimum Gasteiger partial charge on any atom is -0.508 e. The molecule has 3 N–H and O–H groups in total. The molecule has 2 rings (SSSR count). The summed E-state index contributed by atoms with van der Waals surface area (Å²) in [5, 5.41) is 18.1. The first-order chi connectivity index (χ1) is 10.1. The fraction of sp³-hybridized carbons (Fsp3) is 0.375. The van der Waals surface area contributed by atoms with Crippen molar-refractivity contribution >= 4 is 11.5 Å². The molecule has 21 heavy (non-hydrogen) atoms. The van der Waals surface area contributed by atoms with Gasteiger partial charge in [-0.1, -0.05) is 13.8 Å². The van der Waals surface area contributed by atoms with Crippen LogP contribution in [-0.4, -0.2) is 22.4 Å². The number of phenolic OH excluding ortho intramolecular Hbond substituents is 1. The molecular formula is C16H22N4O. The van der Waals surface area contributed by atoms with Crippen molar-refractivity contribution in [3.05, 3.63) is 41.1 Å². The molecule has 0 amide bonds. The molecule has 0 aliphatic heterocycles. The Labute approximate surface area is 125 Å². The predicted octanol–water partition coefficient (Wildman–Crippen LogP) is 2.53. The Morgan fingerprint density at radius 1 is 1.05 bits per heavy atom. The van der Waals surface area contributed by atoms with Crippen molar-refractivity contribution in [1.82, 2.24) is 10.2 Å². The Morgan fingerprint density at radius 3 is 2.24 bits per heavy atom. The number of rotatable bonds is 5. The van der Waals surface area contributed by atoms with E-state index in [1.54, 1.807) is 12.1 Å². The van der Waals surface area contributed by atoms with Crippen LogP contribution in [0.5, 0.6) is 5.75 Å². The Bertz CT molecular complexity index is 610. The molecule has 1 heterocycles. The predicted molar refractivity (Wildman–Crippen MR) is 84.8 cm³/mol. The molecule has 0 atom stereocenters. The molecule has 0 saturated carbocycles.